The van der Waals surface area contributed by atoms with Crippen molar-refractivity contribution in [2.75, 3.05) is 21.1 Å². The molecule has 83 valence electrons. The van der Waals surface area contributed by atoms with Crippen molar-refractivity contribution in [1.29, 1.82) is 0 Å². The predicted octanol–water partition coefficient (Wildman–Crippen LogP) is 1.13. The average molecular weight is 206 g/mol. The summed E-state index contributed by atoms with van der Waals surface area (Å²) < 4.78 is 7.14. The van der Waals surface area contributed by atoms with Gasteiger partial charge in [0, 0.05) is 0 Å². The predicted molar refractivity (Wildman–Crippen MR) is 70.7 cm³/mol. The molecule has 15 heavy (non-hydrogen) atoms. The number of unbranched alkanes of at least 4 members (excludes halogenated alkanes) is 1. The molecule has 0 bridgehead atoms. The monoisotopic (exact) mass is 206 g/mol. The Labute approximate surface area is 96.7 Å². The van der Waals surface area contributed by atoms with Crippen LogP contribution in [0.3, 0.4) is 0 Å². The Kier molecular flexibility index (Phi) is 5.23. The van der Waals surface area contributed by atoms with Crippen molar-refractivity contribution in [3.8, 4) is 0 Å². The molecule has 3 nitrogen and oxygen atoms in total. The van der Waals surface area contributed by atoms with Crippen molar-refractivity contribution >= 4 is 21.5 Å². The van der Waals surface area contributed by atoms with E-state index in [1.165, 1.54) is 25.5 Å². The van der Waals surface area contributed by atoms with Crippen molar-refractivity contribution in [1.82, 2.24) is 14.2 Å². The van der Waals surface area contributed by atoms with E-state index in [0.29, 0.717) is 14.0 Å². The zero-order valence-corrected chi connectivity index (χ0v) is 10.9. The second kappa shape index (κ2) is 5.97. The first kappa shape index (κ1) is 13.1. The third-order valence-electron chi connectivity index (χ3n) is 3.43. The second-order valence-electron chi connectivity index (χ2n) is 4.62. The van der Waals surface area contributed by atoms with Gasteiger partial charge in [-0.25, -0.2) is 0 Å². The molecule has 1 fully saturated rings. The van der Waals surface area contributed by atoms with Gasteiger partial charge >= 0.3 is 0 Å². The molecule has 1 aliphatic rings. The second-order valence-corrected chi connectivity index (χ2v) is 4.62. The molecule has 1 aliphatic heterocycles. The van der Waals surface area contributed by atoms with Crippen LogP contribution in [-0.2, 0) is 0 Å². The number of hydrogen-bond donors (Lipinski definition) is 0. The molecule has 0 unspecified atom stereocenters. The van der Waals surface area contributed by atoms with Gasteiger partial charge in [-0.15, -0.1) is 0 Å². The molecule has 1 heterocycles. The van der Waals surface area contributed by atoms with Gasteiger partial charge in [0.1, 0.15) is 0 Å². The Balaban J connectivity index is 2.60. The number of hydrogen-bond acceptors (Lipinski definition) is 3. The van der Waals surface area contributed by atoms with Gasteiger partial charge in [-0.3, -0.25) is 0 Å². The van der Waals surface area contributed by atoms with Gasteiger partial charge in [0.15, 0.2) is 0 Å². The normalized spacial score (nSPS) is 20.9. The van der Waals surface area contributed by atoms with E-state index in [1.54, 1.807) is 0 Å². The first-order valence-electron chi connectivity index (χ1n) is 6.12. The molecule has 0 amide bonds. The largest absolute Gasteiger partial charge is 0.364 e. The summed E-state index contributed by atoms with van der Waals surface area (Å²) in [6.45, 7) is 5.65. The Bertz CT molecular complexity index is 193. The number of nitrogens with zero attached hydrogens (tertiary/aromatic N) is 3. The minimum absolute atomic E-state index is 0.558. The molecule has 0 atom stereocenters. The SMILES string of the molecule is CCCCB1N(C)[B]N(C)B(CC)N1C. The van der Waals surface area contributed by atoms with Gasteiger partial charge in [-0.05, 0) is 33.8 Å². The lowest BCUT2D eigenvalue weighted by molar-refractivity contribution is 0.543. The van der Waals surface area contributed by atoms with E-state index < -0.39 is 0 Å². The van der Waals surface area contributed by atoms with Crippen molar-refractivity contribution in [2.45, 2.75) is 39.3 Å². The molecule has 6 heteroatoms. The van der Waals surface area contributed by atoms with Crippen molar-refractivity contribution in [2.24, 2.45) is 0 Å². The van der Waals surface area contributed by atoms with Gasteiger partial charge in [-0.2, -0.15) is 0 Å². The van der Waals surface area contributed by atoms with Crippen LogP contribution < -0.4 is 0 Å². The summed E-state index contributed by atoms with van der Waals surface area (Å²) in [5.41, 5.74) is 0. The maximum Gasteiger partial charge on any atom is 0.290 e. The lowest BCUT2D eigenvalue weighted by Crippen LogP contribution is -2.69. The molecule has 0 N–H and O–H groups in total. The first-order chi connectivity index (χ1) is 7.11. The van der Waals surface area contributed by atoms with Crippen LogP contribution >= 0.6 is 0 Å². The molecule has 1 rings (SSSR count). The highest BCUT2D eigenvalue weighted by Gasteiger charge is 2.39. The minimum atomic E-state index is 0.558. The zero-order chi connectivity index (χ0) is 11.4. The third kappa shape index (κ3) is 3.02. The van der Waals surface area contributed by atoms with E-state index >= 15 is 0 Å². The molecule has 1 radical (unpaired) electrons. The lowest BCUT2D eigenvalue weighted by Gasteiger charge is -2.46. The van der Waals surface area contributed by atoms with Gasteiger partial charge in [0.2, 0.25) is 0 Å². The molecule has 0 aliphatic carbocycles. The topological polar surface area (TPSA) is 9.72 Å². The molecule has 0 spiro atoms. The third-order valence-corrected chi connectivity index (χ3v) is 3.43. The van der Waals surface area contributed by atoms with Crippen LogP contribution in [0.4, 0.5) is 0 Å². The summed E-state index contributed by atoms with van der Waals surface area (Å²) in [5.74, 6) is 0. The zero-order valence-electron chi connectivity index (χ0n) is 10.9. The van der Waals surface area contributed by atoms with Gasteiger partial charge in [-0.1, -0.05) is 26.7 Å². The standard InChI is InChI=1S/C9H23B3N3/c1-6-8-9-12-14(4)10-13(3)11(7-2)15(12)5/h6-9H2,1-5H3. The van der Waals surface area contributed by atoms with Crippen LogP contribution in [0.25, 0.3) is 0 Å². The maximum atomic E-state index is 2.50. The number of rotatable bonds is 4. The lowest BCUT2D eigenvalue weighted by atomic mass is 9.48. The maximum absolute atomic E-state index is 2.50. The van der Waals surface area contributed by atoms with E-state index in [0.717, 1.165) is 0 Å². The molecule has 0 aromatic heterocycles. The van der Waals surface area contributed by atoms with Gasteiger partial charge < -0.3 is 14.2 Å². The Hall–Kier alpha value is 0.0748. The van der Waals surface area contributed by atoms with E-state index in [1.807, 2.05) is 0 Å². The highest BCUT2D eigenvalue weighted by atomic mass is 15.3. The van der Waals surface area contributed by atoms with Gasteiger partial charge in [0.05, 0.1) is 0 Å². The van der Waals surface area contributed by atoms with Gasteiger partial charge in [0.25, 0.3) is 21.5 Å². The van der Waals surface area contributed by atoms with Crippen molar-refractivity contribution in [3.63, 3.8) is 0 Å². The summed E-state index contributed by atoms with van der Waals surface area (Å²) in [6.07, 6.45) is 5.04. The van der Waals surface area contributed by atoms with Crippen molar-refractivity contribution in [3.05, 3.63) is 0 Å². The Morgan fingerprint density at radius 1 is 1.00 bits per heavy atom. The molecular formula is C9H23B3N3. The minimum Gasteiger partial charge on any atom is -0.364 e. The summed E-state index contributed by atoms with van der Waals surface area (Å²) >= 11 is 0. The van der Waals surface area contributed by atoms with Crippen LogP contribution in [0.1, 0.15) is 26.7 Å². The van der Waals surface area contributed by atoms with Crippen LogP contribution in [0.15, 0.2) is 0 Å². The highest BCUT2D eigenvalue weighted by Crippen LogP contribution is 2.16. The Morgan fingerprint density at radius 3 is 2.13 bits per heavy atom. The van der Waals surface area contributed by atoms with Crippen molar-refractivity contribution < 1.29 is 0 Å². The van der Waals surface area contributed by atoms with Crippen LogP contribution in [0.5, 0.6) is 0 Å². The molecule has 0 saturated carbocycles. The fourth-order valence-electron chi connectivity index (χ4n) is 2.58. The molecule has 0 aromatic rings. The first-order valence-corrected chi connectivity index (χ1v) is 6.12. The van der Waals surface area contributed by atoms with E-state index in [4.69, 9.17) is 0 Å². The summed E-state index contributed by atoms with van der Waals surface area (Å²) in [4.78, 5) is 0. The molecule has 1 saturated heterocycles. The summed E-state index contributed by atoms with van der Waals surface area (Å²) in [5, 5.41) is 0. The highest BCUT2D eigenvalue weighted by molar-refractivity contribution is 6.80. The average Bonchev–Trinajstić information content (AvgIpc) is 2.17. The fraction of sp³-hybridized carbons (Fsp3) is 1.00. The van der Waals surface area contributed by atoms with E-state index in [2.05, 4.69) is 56.7 Å². The van der Waals surface area contributed by atoms with E-state index in [9.17, 15) is 0 Å². The van der Waals surface area contributed by atoms with E-state index in [-0.39, 0.29) is 0 Å². The summed E-state index contributed by atoms with van der Waals surface area (Å²) in [7, 11) is 8.83. The Morgan fingerprint density at radius 2 is 1.60 bits per heavy atom. The fourth-order valence-corrected chi connectivity index (χ4v) is 2.58. The smallest absolute Gasteiger partial charge is 0.290 e. The molecule has 0 aromatic carbocycles. The van der Waals surface area contributed by atoms with Crippen LogP contribution in [-0.4, -0.2) is 56.8 Å². The summed E-state index contributed by atoms with van der Waals surface area (Å²) in [6, 6.07) is 0. The quantitative estimate of drug-likeness (QED) is 0.638. The molecular weight excluding hydrogens is 183 g/mol. The van der Waals surface area contributed by atoms with Crippen LogP contribution in [0.2, 0.25) is 12.6 Å². The van der Waals surface area contributed by atoms with Crippen LogP contribution in [0, 0.1) is 0 Å².